The van der Waals surface area contributed by atoms with Crippen LogP contribution in [0.2, 0.25) is 0 Å². The molecule has 6 nitrogen and oxygen atoms in total. The second-order valence-electron chi connectivity index (χ2n) is 6.35. The molecular weight excluding hydrogens is 366 g/mol. The quantitative estimate of drug-likeness (QED) is 0.710. The Morgan fingerprint density at radius 3 is 2.74 bits per heavy atom. The lowest BCUT2D eigenvalue weighted by Gasteiger charge is -2.25. The molecule has 1 aliphatic heterocycles. The Morgan fingerprint density at radius 1 is 1.22 bits per heavy atom. The average molecular weight is 379 g/mol. The summed E-state index contributed by atoms with van der Waals surface area (Å²) in [5, 5.41) is 0. The number of anilines is 1. The third-order valence-corrected chi connectivity index (χ3v) is 4.52. The van der Waals surface area contributed by atoms with Crippen molar-refractivity contribution < 1.29 is 22.4 Å². The Balaban J connectivity index is 1.82. The summed E-state index contributed by atoms with van der Waals surface area (Å²) in [6.07, 6.45) is 3.16. The second-order valence-corrected chi connectivity index (χ2v) is 6.35. The first kappa shape index (κ1) is 17.3. The number of alkyl halides is 2. The summed E-state index contributed by atoms with van der Waals surface area (Å²) < 4.78 is 57.4. The molecular formula is C17H13F4N5O. The van der Waals surface area contributed by atoms with Gasteiger partial charge >= 0.3 is 0 Å². The van der Waals surface area contributed by atoms with E-state index < -0.39 is 42.5 Å². The SMILES string of the molecule is NC(=O)c1cnc2cnc(N3CC(F)(F)C[C@@H]3c3cc(F)ccc3F)cn12. The van der Waals surface area contributed by atoms with Crippen LogP contribution in [0.5, 0.6) is 0 Å². The van der Waals surface area contributed by atoms with Crippen LogP contribution in [0, 0.1) is 11.6 Å². The number of imidazole rings is 1. The standard InChI is InChI=1S/C17H13F4N5O/c18-9-1-2-11(19)10(3-9)12-4-17(20,21)8-26(12)15-7-25-13(16(22)27)5-23-14(25)6-24-15/h1-3,5-7,12H,4,8H2,(H2,22,27)/t12-/m1/s1. The molecule has 140 valence electrons. The Bertz CT molecular complexity index is 1050. The molecule has 0 unspecified atom stereocenters. The van der Waals surface area contributed by atoms with E-state index in [2.05, 4.69) is 9.97 Å². The van der Waals surface area contributed by atoms with Crippen LogP contribution in [0.15, 0.2) is 36.8 Å². The van der Waals surface area contributed by atoms with Crippen LogP contribution >= 0.6 is 0 Å². The van der Waals surface area contributed by atoms with Gasteiger partial charge in [-0.2, -0.15) is 0 Å². The van der Waals surface area contributed by atoms with Crippen molar-refractivity contribution in [2.24, 2.45) is 5.73 Å². The number of rotatable bonds is 3. The fraction of sp³-hybridized carbons (Fsp3) is 0.235. The predicted octanol–water partition coefficient (Wildman–Crippen LogP) is 2.69. The van der Waals surface area contributed by atoms with Crippen molar-refractivity contribution in [3.8, 4) is 0 Å². The maximum atomic E-state index is 14.2. The topological polar surface area (TPSA) is 76.5 Å². The lowest BCUT2D eigenvalue weighted by molar-refractivity contribution is 0.0221. The minimum atomic E-state index is -3.12. The zero-order valence-corrected chi connectivity index (χ0v) is 13.7. The van der Waals surface area contributed by atoms with Crippen LogP contribution in [0.4, 0.5) is 23.4 Å². The third-order valence-electron chi connectivity index (χ3n) is 4.52. The lowest BCUT2D eigenvalue weighted by Crippen LogP contribution is -2.28. The van der Waals surface area contributed by atoms with Crippen LogP contribution in [0.1, 0.15) is 28.5 Å². The van der Waals surface area contributed by atoms with E-state index in [9.17, 15) is 22.4 Å². The van der Waals surface area contributed by atoms with Crippen molar-refractivity contribution in [3.63, 3.8) is 0 Å². The van der Waals surface area contributed by atoms with E-state index in [1.54, 1.807) is 0 Å². The summed E-state index contributed by atoms with van der Waals surface area (Å²) in [4.78, 5) is 20.7. The molecule has 1 atom stereocenters. The normalized spacial score (nSPS) is 19.0. The van der Waals surface area contributed by atoms with Crippen molar-refractivity contribution >= 4 is 17.4 Å². The monoisotopic (exact) mass is 379 g/mol. The Hall–Kier alpha value is -3.17. The summed E-state index contributed by atoms with van der Waals surface area (Å²) in [5.41, 5.74) is 5.44. The fourth-order valence-electron chi connectivity index (χ4n) is 3.32. The molecule has 10 heteroatoms. The van der Waals surface area contributed by atoms with Gasteiger partial charge in [0, 0.05) is 12.0 Å². The number of halogens is 4. The van der Waals surface area contributed by atoms with Gasteiger partial charge in [0.25, 0.3) is 11.8 Å². The van der Waals surface area contributed by atoms with Crippen molar-refractivity contribution in [2.45, 2.75) is 18.4 Å². The number of carbonyl (C=O) groups is 1. The summed E-state index contributed by atoms with van der Waals surface area (Å²) in [6.45, 7) is -0.729. The van der Waals surface area contributed by atoms with Gasteiger partial charge in [0.05, 0.1) is 31.2 Å². The molecule has 1 aliphatic rings. The largest absolute Gasteiger partial charge is 0.364 e. The number of amides is 1. The van der Waals surface area contributed by atoms with E-state index >= 15 is 0 Å². The van der Waals surface area contributed by atoms with Crippen molar-refractivity contribution in [1.29, 1.82) is 0 Å². The zero-order valence-electron chi connectivity index (χ0n) is 13.7. The zero-order chi connectivity index (χ0) is 19.3. The molecule has 2 aromatic heterocycles. The van der Waals surface area contributed by atoms with Crippen LogP contribution in [-0.2, 0) is 0 Å². The minimum Gasteiger partial charge on any atom is -0.364 e. The van der Waals surface area contributed by atoms with Crippen molar-refractivity contribution in [3.05, 3.63) is 59.7 Å². The molecule has 1 saturated heterocycles. The molecule has 27 heavy (non-hydrogen) atoms. The molecule has 0 saturated carbocycles. The van der Waals surface area contributed by atoms with Crippen molar-refractivity contribution in [1.82, 2.24) is 14.4 Å². The van der Waals surface area contributed by atoms with E-state index in [1.807, 2.05) is 0 Å². The van der Waals surface area contributed by atoms with Crippen molar-refractivity contribution in [2.75, 3.05) is 11.4 Å². The van der Waals surface area contributed by atoms with Crippen LogP contribution in [0.25, 0.3) is 5.65 Å². The number of fused-ring (bicyclic) bond motifs is 1. The average Bonchev–Trinajstić information content (AvgIpc) is 3.17. The maximum absolute atomic E-state index is 14.2. The van der Waals surface area contributed by atoms with Gasteiger partial charge in [-0.3, -0.25) is 9.20 Å². The second kappa shape index (κ2) is 5.93. The predicted molar refractivity (Wildman–Crippen MR) is 87.5 cm³/mol. The highest BCUT2D eigenvalue weighted by Crippen LogP contribution is 2.43. The van der Waals surface area contributed by atoms with Gasteiger partial charge in [-0.15, -0.1) is 0 Å². The number of hydrogen-bond donors (Lipinski definition) is 1. The van der Waals surface area contributed by atoms with Crippen LogP contribution in [-0.4, -0.2) is 32.7 Å². The number of carbonyl (C=O) groups excluding carboxylic acids is 1. The van der Waals surface area contributed by atoms with Gasteiger partial charge in [0.15, 0.2) is 5.65 Å². The number of primary amides is 1. The highest BCUT2D eigenvalue weighted by Gasteiger charge is 2.47. The Labute approximate surface area is 150 Å². The summed E-state index contributed by atoms with van der Waals surface area (Å²) in [5.74, 6) is -5.32. The maximum Gasteiger partial charge on any atom is 0.267 e. The first-order chi connectivity index (χ1) is 12.7. The molecule has 4 rings (SSSR count). The van der Waals surface area contributed by atoms with E-state index in [1.165, 1.54) is 27.9 Å². The fourth-order valence-corrected chi connectivity index (χ4v) is 3.32. The van der Waals surface area contributed by atoms with E-state index in [0.717, 1.165) is 18.2 Å². The molecule has 1 amide bonds. The molecule has 0 bridgehead atoms. The van der Waals surface area contributed by atoms with Gasteiger partial charge < -0.3 is 10.6 Å². The van der Waals surface area contributed by atoms with E-state index in [-0.39, 0.29) is 17.1 Å². The first-order valence-corrected chi connectivity index (χ1v) is 7.97. The lowest BCUT2D eigenvalue weighted by atomic mass is 10.0. The van der Waals surface area contributed by atoms with Gasteiger partial charge in [0.2, 0.25) is 0 Å². The van der Waals surface area contributed by atoms with Gasteiger partial charge in [-0.25, -0.2) is 27.5 Å². The molecule has 1 fully saturated rings. The molecule has 0 aliphatic carbocycles. The highest BCUT2D eigenvalue weighted by molar-refractivity contribution is 5.91. The summed E-state index contributed by atoms with van der Waals surface area (Å²) >= 11 is 0. The smallest absolute Gasteiger partial charge is 0.267 e. The number of hydrogen-bond acceptors (Lipinski definition) is 4. The molecule has 0 spiro atoms. The van der Waals surface area contributed by atoms with Gasteiger partial charge in [-0.1, -0.05) is 0 Å². The number of nitrogens with zero attached hydrogens (tertiary/aromatic N) is 4. The molecule has 3 heterocycles. The minimum absolute atomic E-state index is 0.0492. The number of benzene rings is 1. The van der Waals surface area contributed by atoms with Crippen LogP contribution in [0.3, 0.4) is 0 Å². The Morgan fingerprint density at radius 2 is 2.00 bits per heavy atom. The van der Waals surface area contributed by atoms with E-state index in [4.69, 9.17) is 5.73 Å². The molecule has 0 radical (unpaired) electrons. The van der Waals surface area contributed by atoms with E-state index in [0.29, 0.717) is 5.65 Å². The summed E-state index contributed by atoms with van der Waals surface area (Å²) in [6, 6.07) is 1.60. The van der Waals surface area contributed by atoms with Crippen LogP contribution < -0.4 is 10.6 Å². The Kier molecular flexibility index (Phi) is 3.79. The first-order valence-electron chi connectivity index (χ1n) is 7.97. The van der Waals surface area contributed by atoms with Gasteiger partial charge in [0.1, 0.15) is 23.1 Å². The molecule has 3 aromatic rings. The number of aromatic nitrogens is 3. The molecule has 1 aromatic carbocycles. The highest BCUT2D eigenvalue weighted by atomic mass is 19.3. The number of nitrogens with two attached hydrogens (primary N) is 1. The van der Waals surface area contributed by atoms with Gasteiger partial charge in [-0.05, 0) is 18.2 Å². The molecule has 2 N–H and O–H groups in total. The third kappa shape index (κ3) is 2.96. The summed E-state index contributed by atoms with van der Waals surface area (Å²) in [7, 11) is 0.